The van der Waals surface area contributed by atoms with Crippen LogP contribution in [-0.4, -0.2) is 20.9 Å². The molecule has 4 rings (SSSR count). The molecular formula is C21H22N4O2. The largest absolute Gasteiger partial charge is 0.366 e. The number of hydrogen-bond donors (Lipinski definition) is 1. The molecule has 2 aromatic carbocycles. The minimum atomic E-state index is -0.400. The number of nitro benzene ring substituents is 1. The molecule has 0 saturated heterocycles. The summed E-state index contributed by atoms with van der Waals surface area (Å²) in [4.78, 5) is 19.9. The van der Waals surface area contributed by atoms with E-state index in [9.17, 15) is 10.1 Å². The zero-order chi connectivity index (χ0) is 18.8. The first-order valence-corrected chi connectivity index (χ1v) is 9.40. The van der Waals surface area contributed by atoms with Gasteiger partial charge in [0.15, 0.2) is 5.82 Å². The molecule has 1 heterocycles. The first kappa shape index (κ1) is 17.4. The van der Waals surface area contributed by atoms with Gasteiger partial charge in [-0.3, -0.25) is 10.1 Å². The van der Waals surface area contributed by atoms with Crippen molar-refractivity contribution in [1.82, 2.24) is 9.97 Å². The number of benzene rings is 2. The van der Waals surface area contributed by atoms with Crippen LogP contribution in [-0.2, 0) is 0 Å². The molecule has 6 heteroatoms. The van der Waals surface area contributed by atoms with Crippen molar-refractivity contribution in [3.05, 3.63) is 58.6 Å². The monoisotopic (exact) mass is 362 g/mol. The van der Waals surface area contributed by atoms with E-state index in [4.69, 9.17) is 4.98 Å². The van der Waals surface area contributed by atoms with Crippen molar-refractivity contribution in [2.75, 3.05) is 5.32 Å². The van der Waals surface area contributed by atoms with Gasteiger partial charge in [-0.15, -0.1) is 0 Å². The van der Waals surface area contributed by atoms with Gasteiger partial charge in [0.05, 0.1) is 10.4 Å². The number of fused-ring (bicyclic) bond motifs is 1. The topological polar surface area (TPSA) is 81.0 Å². The molecule has 1 aromatic heterocycles. The van der Waals surface area contributed by atoms with E-state index < -0.39 is 4.92 Å². The number of aromatic nitrogens is 2. The molecule has 1 saturated carbocycles. The molecule has 0 aliphatic heterocycles. The van der Waals surface area contributed by atoms with Gasteiger partial charge in [0.1, 0.15) is 5.82 Å². The van der Waals surface area contributed by atoms with Crippen molar-refractivity contribution in [2.24, 2.45) is 5.92 Å². The van der Waals surface area contributed by atoms with Crippen LogP contribution >= 0.6 is 0 Å². The van der Waals surface area contributed by atoms with Crippen LogP contribution in [0.5, 0.6) is 0 Å². The molecule has 0 unspecified atom stereocenters. The Morgan fingerprint density at radius 3 is 2.52 bits per heavy atom. The second-order valence-corrected chi connectivity index (χ2v) is 7.23. The lowest BCUT2D eigenvalue weighted by Crippen LogP contribution is -2.30. The lowest BCUT2D eigenvalue weighted by atomic mass is 9.86. The van der Waals surface area contributed by atoms with Crippen molar-refractivity contribution in [3.8, 4) is 11.4 Å². The van der Waals surface area contributed by atoms with Gasteiger partial charge < -0.3 is 5.32 Å². The van der Waals surface area contributed by atoms with Crippen LogP contribution in [0.1, 0.15) is 32.6 Å². The highest BCUT2D eigenvalue weighted by Gasteiger charge is 2.22. The Labute approximate surface area is 157 Å². The second-order valence-electron chi connectivity index (χ2n) is 7.23. The average Bonchev–Trinajstić information content (AvgIpc) is 2.69. The maximum atomic E-state index is 10.9. The smallest absolute Gasteiger partial charge is 0.269 e. The molecule has 1 aliphatic rings. The van der Waals surface area contributed by atoms with Crippen molar-refractivity contribution in [1.29, 1.82) is 0 Å². The van der Waals surface area contributed by atoms with Gasteiger partial charge in [0, 0.05) is 29.1 Å². The first-order chi connectivity index (χ1) is 13.1. The molecule has 138 valence electrons. The van der Waals surface area contributed by atoms with Crippen LogP contribution in [0.3, 0.4) is 0 Å². The fourth-order valence-corrected chi connectivity index (χ4v) is 3.75. The van der Waals surface area contributed by atoms with Gasteiger partial charge in [-0.1, -0.05) is 31.9 Å². The van der Waals surface area contributed by atoms with Crippen LogP contribution in [0, 0.1) is 16.0 Å². The van der Waals surface area contributed by atoms with E-state index in [-0.39, 0.29) is 5.69 Å². The Kier molecular flexibility index (Phi) is 4.71. The Bertz CT molecular complexity index is 972. The molecule has 1 N–H and O–H groups in total. The Hall–Kier alpha value is -3.02. The maximum Gasteiger partial charge on any atom is 0.269 e. The van der Waals surface area contributed by atoms with Crippen molar-refractivity contribution in [3.63, 3.8) is 0 Å². The Morgan fingerprint density at radius 2 is 1.78 bits per heavy atom. The summed E-state index contributed by atoms with van der Waals surface area (Å²) >= 11 is 0. The first-order valence-electron chi connectivity index (χ1n) is 9.40. The number of anilines is 1. The highest BCUT2D eigenvalue weighted by molar-refractivity contribution is 5.90. The normalized spacial score (nSPS) is 19.7. The molecular weight excluding hydrogens is 340 g/mol. The summed E-state index contributed by atoms with van der Waals surface area (Å²) in [6, 6.07) is 14.8. The minimum Gasteiger partial charge on any atom is -0.366 e. The van der Waals surface area contributed by atoms with Crippen LogP contribution in [0.15, 0.2) is 48.5 Å². The van der Waals surface area contributed by atoms with E-state index in [2.05, 4.69) is 17.2 Å². The number of nitrogens with zero attached hydrogens (tertiary/aromatic N) is 3. The Balaban J connectivity index is 1.74. The van der Waals surface area contributed by atoms with Gasteiger partial charge in [0.25, 0.3) is 5.69 Å². The Morgan fingerprint density at radius 1 is 1.04 bits per heavy atom. The number of hydrogen-bond acceptors (Lipinski definition) is 5. The van der Waals surface area contributed by atoms with Crippen LogP contribution in [0.4, 0.5) is 11.5 Å². The van der Waals surface area contributed by atoms with Gasteiger partial charge in [0.2, 0.25) is 0 Å². The van der Waals surface area contributed by atoms with Gasteiger partial charge in [-0.05, 0) is 43.0 Å². The van der Waals surface area contributed by atoms with E-state index in [1.165, 1.54) is 31.4 Å². The zero-order valence-corrected chi connectivity index (χ0v) is 15.3. The number of non-ortho nitro benzene ring substituents is 1. The molecule has 2 atom stereocenters. The molecule has 6 nitrogen and oxygen atoms in total. The SMILES string of the molecule is C[C@H]1CCCC[C@H]1Nc1nc(-c2ccc([N+](=O)[O-])cc2)nc2ccccc12. The maximum absolute atomic E-state index is 10.9. The predicted molar refractivity (Wildman–Crippen MR) is 107 cm³/mol. The summed E-state index contributed by atoms with van der Waals surface area (Å²) in [6.07, 6.45) is 4.90. The quantitative estimate of drug-likeness (QED) is 0.510. The van der Waals surface area contributed by atoms with Crippen LogP contribution < -0.4 is 5.32 Å². The summed E-state index contributed by atoms with van der Waals surface area (Å²) < 4.78 is 0. The lowest BCUT2D eigenvalue weighted by Gasteiger charge is -2.30. The van der Waals surface area contributed by atoms with E-state index in [0.717, 1.165) is 28.7 Å². The third-order valence-corrected chi connectivity index (χ3v) is 5.37. The van der Waals surface area contributed by atoms with E-state index in [1.807, 2.05) is 24.3 Å². The summed E-state index contributed by atoms with van der Waals surface area (Å²) in [5, 5.41) is 15.5. The van der Waals surface area contributed by atoms with Gasteiger partial charge >= 0.3 is 0 Å². The molecule has 3 aromatic rings. The number of para-hydroxylation sites is 1. The number of rotatable bonds is 4. The average molecular weight is 362 g/mol. The highest BCUT2D eigenvalue weighted by atomic mass is 16.6. The third-order valence-electron chi connectivity index (χ3n) is 5.37. The van der Waals surface area contributed by atoms with Crippen LogP contribution in [0.2, 0.25) is 0 Å². The summed E-state index contributed by atoms with van der Waals surface area (Å²) in [5.41, 5.74) is 1.70. The van der Waals surface area contributed by atoms with E-state index in [0.29, 0.717) is 17.8 Å². The second kappa shape index (κ2) is 7.31. The molecule has 0 radical (unpaired) electrons. The van der Waals surface area contributed by atoms with Crippen molar-refractivity contribution >= 4 is 22.4 Å². The number of nitrogens with one attached hydrogen (secondary N) is 1. The molecule has 0 bridgehead atoms. The van der Waals surface area contributed by atoms with E-state index >= 15 is 0 Å². The minimum absolute atomic E-state index is 0.0638. The molecule has 27 heavy (non-hydrogen) atoms. The van der Waals surface area contributed by atoms with Gasteiger partial charge in [-0.2, -0.15) is 0 Å². The molecule has 1 aliphatic carbocycles. The van der Waals surface area contributed by atoms with Crippen molar-refractivity contribution < 1.29 is 4.92 Å². The summed E-state index contributed by atoms with van der Waals surface area (Å²) in [6.45, 7) is 2.29. The molecule has 1 fully saturated rings. The molecule has 0 spiro atoms. The number of nitro groups is 1. The summed E-state index contributed by atoms with van der Waals surface area (Å²) in [7, 11) is 0. The predicted octanol–water partition coefficient (Wildman–Crippen LogP) is 5.20. The standard InChI is InChI=1S/C21H22N4O2/c1-14-6-2-4-8-18(14)22-21-17-7-3-5-9-19(17)23-20(24-21)15-10-12-16(13-11-15)25(26)27/h3,5,7,9-14,18H,2,4,6,8H2,1H3,(H,22,23,24)/t14-,18+/m0/s1. The van der Waals surface area contributed by atoms with Gasteiger partial charge in [-0.25, -0.2) is 9.97 Å². The van der Waals surface area contributed by atoms with Crippen molar-refractivity contribution in [2.45, 2.75) is 38.6 Å². The third kappa shape index (κ3) is 3.60. The van der Waals surface area contributed by atoms with Crippen LogP contribution in [0.25, 0.3) is 22.3 Å². The molecule has 0 amide bonds. The van der Waals surface area contributed by atoms with E-state index in [1.54, 1.807) is 12.1 Å². The fraction of sp³-hybridized carbons (Fsp3) is 0.333. The highest BCUT2D eigenvalue weighted by Crippen LogP contribution is 2.30. The zero-order valence-electron chi connectivity index (χ0n) is 15.3. The lowest BCUT2D eigenvalue weighted by molar-refractivity contribution is -0.384. The summed E-state index contributed by atoms with van der Waals surface area (Å²) in [5.74, 6) is 2.03. The fourth-order valence-electron chi connectivity index (χ4n) is 3.75.